The number of benzene rings is 2. The molecule has 27 heavy (non-hydrogen) atoms. The zero-order valence-electron chi connectivity index (χ0n) is 15.6. The normalized spacial score (nSPS) is 18.6. The van der Waals surface area contributed by atoms with Gasteiger partial charge in [0, 0.05) is 35.8 Å². The van der Waals surface area contributed by atoms with Crippen LogP contribution in [0.5, 0.6) is 0 Å². The van der Waals surface area contributed by atoms with E-state index in [1.54, 1.807) is 30.0 Å². The lowest BCUT2D eigenvalue weighted by Gasteiger charge is -2.43. The Kier molecular flexibility index (Phi) is 5.66. The van der Waals surface area contributed by atoms with Gasteiger partial charge in [-0.25, -0.2) is 0 Å². The third-order valence-corrected chi connectivity index (χ3v) is 5.16. The predicted molar refractivity (Wildman–Crippen MR) is 110 cm³/mol. The van der Waals surface area contributed by atoms with Gasteiger partial charge in [-0.1, -0.05) is 35.9 Å². The maximum atomic E-state index is 12.6. The van der Waals surface area contributed by atoms with Crippen molar-refractivity contribution < 1.29 is 9.59 Å². The van der Waals surface area contributed by atoms with Crippen LogP contribution in [0.4, 0.5) is 11.4 Å². The minimum atomic E-state index is -0.150. The predicted octanol–water partition coefficient (Wildman–Crippen LogP) is 5.14. The first-order valence-electron chi connectivity index (χ1n) is 9.01. The molecule has 4 nitrogen and oxygen atoms in total. The Hall–Kier alpha value is -2.59. The van der Waals surface area contributed by atoms with Gasteiger partial charge in [0.1, 0.15) is 0 Å². The molecule has 0 aromatic heterocycles. The Morgan fingerprint density at radius 2 is 1.89 bits per heavy atom. The molecule has 0 saturated heterocycles. The smallest absolute Gasteiger partial charge is 0.231 e. The van der Waals surface area contributed by atoms with E-state index in [0.29, 0.717) is 11.4 Å². The summed E-state index contributed by atoms with van der Waals surface area (Å²) in [5.74, 6) is -0.0283. The lowest BCUT2D eigenvalue weighted by Crippen LogP contribution is -2.47. The summed E-state index contributed by atoms with van der Waals surface area (Å²) in [5.41, 5.74) is 2.62. The van der Waals surface area contributed by atoms with E-state index in [4.69, 9.17) is 11.6 Å². The van der Waals surface area contributed by atoms with Crippen molar-refractivity contribution in [3.63, 3.8) is 0 Å². The number of hydrogen-bond acceptors (Lipinski definition) is 2. The standard InChI is InChI=1S/C22H23ClN2O2/c1-4-7-22(27)24-15(2)14-21(19-8-5-6-9-20(19)24)25(16(3)26)18-12-10-17(23)11-13-18/h4-6,8-13,15,21H,1,7,14H2,2-3H3. The number of nitrogens with zero attached hydrogens (tertiary/aromatic N) is 2. The fourth-order valence-electron chi connectivity index (χ4n) is 3.81. The van der Waals surface area contributed by atoms with Gasteiger partial charge in [0.15, 0.2) is 0 Å². The average Bonchev–Trinajstić information content (AvgIpc) is 2.63. The number of para-hydroxylation sites is 1. The minimum absolute atomic E-state index is 0.0178. The molecule has 0 radical (unpaired) electrons. The maximum Gasteiger partial charge on any atom is 0.231 e. The van der Waals surface area contributed by atoms with Crippen LogP contribution in [0.25, 0.3) is 0 Å². The Morgan fingerprint density at radius 3 is 2.52 bits per heavy atom. The van der Waals surface area contributed by atoms with Gasteiger partial charge in [-0.3, -0.25) is 9.59 Å². The Balaban J connectivity index is 2.08. The third kappa shape index (κ3) is 3.76. The monoisotopic (exact) mass is 382 g/mol. The fourth-order valence-corrected chi connectivity index (χ4v) is 3.94. The summed E-state index contributed by atoms with van der Waals surface area (Å²) >= 11 is 6.01. The number of carbonyl (C=O) groups excluding carboxylic acids is 2. The number of halogens is 1. The van der Waals surface area contributed by atoms with Crippen LogP contribution < -0.4 is 9.80 Å². The Labute approximate surface area is 165 Å². The lowest BCUT2D eigenvalue weighted by molar-refractivity contribution is -0.118. The molecule has 1 heterocycles. The molecule has 0 aliphatic carbocycles. The number of amides is 2. The summed E-state index contributed by atoms with van der Waals surface area (Å²) in [5, 5.41) is 0.626. The fraction of sp³-hybridized carbons (Fsp3) is 0.273. The lowest BCUT2D eigenvalue weighted by atomic mass is 9.89. The van der Waals surface area contributed by atoms with Crippen LogP contribution in [0, 0.1) is 0 Å². The summed E-state index contributed by atoms with van der Waals surface area (Å²) in [6.45, 7) is 7.26. The molecule has 2 aromatic rings. The summed E-state index contributed by atoms with van der Waals surface area (Å²) in [7, 11) is 0. The van der Waals surface area contributed by atoms with Crippen LogP contribution in [0.15, 0.2) is 61.2 Å². The highest BCUT2D eigenvalue weighted by Gasteiger charge is 2.37. The van der Waals surface area contributed by atoms with Gasteiger partial charge in [0.05, 0.1) is 6.04 Å². The molecule has 3 rings (SSSR count). The molecule has 0 fully saturated rings. The van der Waals surface area contributed by atoms with Gasteiger partial charge >= 0.3 is 0 Å². The van der Waals surface area contributed by atoms with Gasteiger partial charge in [-0.2, -0.15) is 0 Å². The Morgan fingerprint density at radius 1 is 1.22 bits per heavy atom. The molecular weight excluding hydrogens is 360 g/mol. The molecule has 1 aliphatic rings. The number of fused-ring (bicyclic) bond motifs is 1. The highest BCUT2D eigenvalue weighted by atomic mass is 35.5. The van der Waals surface area contributed by atoms with Gasteiger partial charge in [0.25, 0.3) is 0 Å². The van der Waals surface area contributed by atoms with Crippen molar-refractivity contribution in [1.82, 2.24) is 0 Å². The minimum Gasteiger partial charge on any atom is -0.309 e. The molecule has 5 heteroatoms. The van der Waals surface area contributed by atoms with Crippen molar-refractivity contribution in [3.8, 4) is 0 Å². The van der Waals surface area contributed by atoms with Gasteiger partial charge in [-0.15, -0.1) is 6.58 Å². The van der Waals surface area contributed by atoms with Crippen molar-refractivity contribution in [2.75, 3.05) is 9.80 Å². The second-order valence-corrected chi connectivity index (χ2v) is 7.22. The van der Waals surface area contributed by atoms with Crippen LogP contribution >= 0.6 is 11.6 Å². The van der Waals surface area contributed by atoms with Gasteiger partial charge < -0.3 is 9.80 Å². The molecule has 0 N–H and O–H groups in total. The molecule has 140 valence electrons. The van der Waals surface area contributed by atoms with Gasteiger partial charge in [-0.05, 0) is 49.2 Å². The van der Waals surface area contributed by atoms with Crippen molar-refractivity contribution in [2.24, 2.45) is 0 Å². The zero-order chi connectivity index (χ0) is 19.6. The molecule has 2 unspecified atom stereocenters. The van der Waals surface area contributed by atoms with Crippen molar-refractivity contribution in [2.45, 2.75) is 38.8 Å². The zero-order valence-corrected chi connectivity index (χ0v) is 16.3. The van der Waals surface area contributed by atoms with Crippen LogP contribution in [-0.4, -0.2) is 17.9 Å². The van der Waals surface area contributed by atoms with E-state index < -0.39 is 0 Å². The van der Waals surface area contributed by atoms with Crippen molar-refractivity contribution in [3.05, 3.63) is 71.8 Å². The quantitative estimate of drug-likeness (QED) is 0.687. The number of anilines is 2. The second-order valence-electron chi connectivity index (χ2n) is 6.78. The van der Waals surface area contributed by atoms with Crippen LogP contribution in [0.2, 0.25) is 5.02 Å². The summed E-state index contributed by atoms with van der Waals surface area (Å²) in [4.78, 5) is 28.8. The summed E-state index contributed by atoms with van der Waals surface area (Å²) < 4.78 is 0. The molecule has 0 spiro atoms. The van der Waals surface area contributed by atoms with E-state index in [-0.39, 0.29) is 30.3 Å². The third-order valence-electron chi connectivity index (χ3n) is 4.90. The first kappa shape index (κ1) is 19.2. The van der Waals surface area contributed by atoms with Crippen LogP contribution in [0.1, 0.15) is 38.3 Å². The molecule has 0 bridgehead atoms. The van der Waals surface area contributed by atoms with Crippen LogP contribution in [-0.2, 0) is 9.59 Å². The summed E-state index contributed by atoms with van der Waals surface area (Å²) in [6.07, 6.45) is 2.57. The van der Waals surface area contributed by atoms with Gasteiger partial charge in [0.2, 0.25) is 11.8 Å². The van der Waals surface area contributed by atoms with E-state index in [1.165, 1.54) is 0 Å². The number of hydrogen-bond donors (Lipinski definition) is 0. The van der Waals surface area contributed by atoms with E-state index in [2.05, 4.69) is 6.58 Å². The second kappa shape index (κ2) is 7.97. The Bertz CT molecular complexity index is 863. The SMILES string of the molecule is C=CCC(=O)N1c2ccccc2C(N(C(C)=O)c2ccc(Cl)cc2)CC1C. The summed E-state index contributed by atoms with van der Waals surface area (Å²) in [6, 6.07) is 14.9. The largest absolute Gasteiger partial charge is 0.309 e. The maximum absolute atomic E-state index is 12.6. The molecule has 2 amide bonds. The molecule has 2 atom stereocenters. The highest BCUT2D eigenvalue weighted by Crippen LogP contribution is 2.42. The van der Waals surface area contributed by atoms with E-state index in [0.717, 1.165) is 16.9 Å². The number of rotatable bonds is 4. The molecular formula is C22H23ClN2O2. The molecule has 0 saturated carbocycles. The van der Waals surface area contributed by atoms with Crippen molar-refractivity contribution in [1.29, 1.82) is 0 Å². The van der Waals surface area contributed by atoms with Crippen LogP contribution in [0.3, 0.4) is 0 Å². The molecule has 2 aromatic carbocycles. The highest BCUT2D eigenvalue weighted by molar-refractivity contribution is 6.30. The van der Waals surface area contributed by atoms with E-state index in [9.17, 15) is 9.59 Å². The van der Waals surface area contributed by atoms with E-state index in [1.807, 2.05) is 48.2 Å². The van der Waals surface area contributed by atoms with Crippen molar-refractivity contribution >= 4 is 34.8 Å². The first-order chi connectivity index (χ1) is 12.9. The molecule has 1 aliphatic heterocycles. The topological polar surface area (TPSA) is 40.6 Å². The van der Waals surface area contributed by atoms with E-state index >= 15 is 0 Å². The first-order valence-corrected chi connectivity index (χ1v) is 9.39. The average molecular weight is 383 g/mol. The number of carbonyl (C=O) groups is 2.